The Labute approximate surface area is 152 Å². The van der Waals surface area contributed by atoms with Crippen LogP contribution in [-0.2, 0) is 16.1 Å². The van der Waals surface area contributed by atoms with Gasteiger partial charge >= 0.3 is 0 Å². The highest BCUT2D eigenvalue weighted by molar-refractivity contribution is 8.15. The maximum atomic E-state index is 13.1. The minimum absolute atomic E-state index is 0.101. The second kappa shape index (κ2) is 7.79. The van der Waals surface area contributed by atoms with Crippen LogP contribution in [0, 0.1) is 5.82 Å². The minimum Gasteiger partial charge on any atom is -0.359 e. The molecule has 0 aliphatic carbocycles. The lowest BCUT2D eigenvalue weighted by Crippen LogP contribution is -2.33. The number of hydrogen-bond acceptors (Lipinski definition) is 5. The van der Waals surface area contributed by atoms with E-state index < -0.39 is 5.25 Å². The number of nitrogens with zero attached hydrogens (tertiary/aromatic N) is 2. The van der Waals surface area contributed by atoms with Gasteiger partial charge in [0.05, 0.1) is 12.2 Å². The van der Waals surface area contributed by atoms with Crippen LogP contribution in [0.15, 0.2) is 46.8 Å². The molecule has 25 heavy (non-hydrogen) atoms. The van der Waals surface area contributed by atoms with E-state index in [1.54, 1.807) is 35.4 Å². The maximum absolute atomic E-state index is 13.1. The zero-order valence-electron chi connectivity index (χ0n) is 13.4. The van der Waals surface area contributed by atoms with E-state index in [2.05, 4.69) is 10.3 Å². The Kier molecular flexibility index (Phi) is 5.50. The first-order valence-corrected chi connectivity index (χ1v) is 9.38. The third-order valence-electron chi connectivity index (χ3n) is 3.62. The predicted octanol–water partition coefficient (Wildman–Crippen LogP) is 3.16. The first-order chi connectivity index (χ1) is 12.1. The molecule has 0 unspecified atom stereocenters. The molecule has 1 aliphatic heterocycles. The molecule has 2 amide bonds. The summed E-state index contributed by atoms with van der Waals surface area (Å²) in [7, 11) is 1.55. The molecular formula is C17H16FN3O2S2. The predicted molar refractivity (Wildman–Crippen MR) is 98.4 cm³/mol. The lowest BCUT2D eigenvalue weighted by molar-refractivity contribution is -0.129. The second-order valence-electron chi connectivity index (χ2n) is 5.36. The molecule has 1 fully saturated rings. The van der Waals surface area contributed by atoms with Crippen LogP contribution in [0.4, 0.5) is 10.1 Å². The second-order valence-corrected chi connectivity index (χ2v) is 7.56. The smallest absolute Gasteiger partial charge is 0.243 e. The molecule has 1 atom stereocenters. The van der Waals surface area contributed by atoms with Crippen molar-refractivity contribution in [2.45, 2.75) is 18.2 Å². The highest BCUT2D eigenvalue weighted by Gasteiger charge is 2.39. The summed E-state index contributed by atoms with van der Waals surface area (Å²) < 4.78 is 13.1. The Bertz CT molecular complexity index is 791. The summed E-state index contributed by atoms with van der Waals surface area (Å²) in [4.78, 5) is 31.5. The fourth-order valence-corrected chi connectivity index (χ4v) is 4.18. The van der Waals surface area contributed by atoms with Crippen molar-refractivity contribution >= 4 is 45.8 Å². The van der Waals surface area contributed by atoms with Crippen molar-refractivity contribution in [3.05, 3.63) is 52.5 Å². The summed E-state index contributed by atoms with van der Waals surface area (Å²) >= 11 is 2.82. The molecule has 1 aromatic heterocycles. The summed E-state index contributed by atoms with van der Waals surface area (Å²) in [6.45, 7) is 0.410. The van der Waals surface area contributed by atoms with Crippen LogP contribution >= 0.6 is 23.1 Å². The summed E-state index contributed by atoms with van der Waals surface area (Å²) in [5.41, 5.74) is 0.563. The first kappa shape index (κ1) is 17.6. The van der Waals surface area contributed by atoms with Gasteiger partial charge in [0.25, 0.3) is 0 Å². The van der Waals surface area contributed by atoms with Crippen LogP contribution in [0.25, 0.3) is 0 Å². The largest absolute Gasteiger partial charge is 0.359 e. The lowest BCUT2D eigenvalue weighted by atomic mass is 10.2. The van der Waals surface area contributed by atoms with Gasteiger partial charge in [-0.25, -0.2) is 9.38 Å². The monoisotopic (exact) mass is 377 g/mol. The molecule has 2 heterocycles. The van der Waals surface area contributed by atoms with Crippen molar-refractivity contribution in [1.29, 1.82) is 0 Å². The zero-order valence-corrected chi connectivity index (χ0v) is 15.1. The Hall–Kier alpha value is -2.19. The van der Waals surface area contributed by atoms with E-state index in [4.69, 9.17) is 0 Å². The number of benzene rings is 1. The number of thioether (sulfide) groups is 1. The van der Waals surface area contributed by atoms with Gasteiger partial charge in [0.1, 0.15) is 11.1 Å². The molecule has 0 radical (unpaired) electrons. The number of aliphatic imine (C=N–C) groups is 1. The standard InChI is InChI=1S/C17H16FN3O2S2/c1-19-15(22)9-14-16(23)21(10-13-3-2-8-24-13)17(25-14)20-12-6-4-11(18)5-7-12/h2-8,14H,9-10H2,1H3,(H,19,22)/t14-/m0/s1. The lowest BCUT2D eigenvalue weighted by Gasteiger charge is -2.15. The van der Waals surface area contributed by atoms with Gasteiger partial charge in [0.15, 0.2) is 5.17 Å². The van der Waals surface area contributed by atoms with Crippen LogP contribution in [0.1, 0.15) is 11.3 Å². The number of amides is 2. The molecule has 1 saturated heterocycles. The van der Waals surface area contributed by atoms with E-state index in [0.29, 0.717) is 17.4 Å². The van der Waals surface area contributed by atoms with E-state index in [0.717, 1.165) is 4.88 Å². The molecule has 0 bridgehead atoms. The van der Waals surface area contributed by atoms with Crippen LogP contribution in [-0.4, -0.2) is 34.2 Å². The van der Waals surface area contributed by atoms with Crippen LogP contribution in [0.2, 0.25) is 0 Å². The highest BCUT2D eigenvalue weighted by atomic mass is 32.2. The third-order valence-corrected chi connectivity index (χ3v) is 5.65. The topological polar surface area (TPSA) is 61.8 Å². The van der Waals surface area contributed by atoms with Gasteiger partial charge in [-0.3, -0.25) is 14.5 Å². The van der Waals surface area contributed by atoms with Crippen LogP contribution < -0.4 is 5.32 Å². The Morgan fingerprint density at radius 3 is 2.72 bits per heavy atom. The number of carbonyl (C=O) groups is 2. The fourth-order valence-electron chi connectivity index (χ4n) is 2.33. The van der Waals surface area contributed by atoms with E-state index in [9.17, 15) is 14.0 Å². The van der Waals surface area contributed by atoms with Gasteiger partial charge in [-0.2, -0.15) is 0 Å². The number of halogens is 1. The molecule has 3 rings (SSSR count). The number of rotatable bonds is 5. The molecule has 1 aromatic carbocycles. The van der Waals surface area contributed by atoms with Gasteiger partial charge in [-0.1, -0.05) is 17.8 Å². The number of amidine groups is 1. The molecule has 5 nitrogen and oxygen atoms in total. The van der Waals surface area contributed by atoms with Gasteiger partial charge in [0.2, 0.25) is 11.8 Å². The SMILES string of the molecule is CNC(=O)C[C@@H]1SC(=Nc2ccc(F)cc2)N(Cc2cccs2)C1=O. The summed E-state index contributed by atoms with van der Waals surface area (Å²) in [5, 5.41) is 4.51. The Morgan fingerprint density at radius 1 is 1.32 bits per heavy atom. The van der Waals surface area contributed by atoms with Gasteiger partial charge in [-0.15, -0.1) is 11.3 Å². The van der Waals surface area contributed by atoms with Crippen molar-refractivity contribution < 1.29 is 14.0 Å². The molecule has 130 valence electrons. The van der Waals surface area contributed by atoms with Crippen molar-refractivity contribution in [2.75, 3.05) is 7.05 Å². The fraction of sp³-hybridized carbons (Fsp3) is 0.235. The number of thiophene rings is 1. The number of hydrogen-bond donors (Lipinski definition) is 1. The highest BCUT2D eigenvalue weighted by Crippen LogP contribution is 2.33. The van der Waals surface area contributed by atoms with Gasteiger partial charge < -0.3 is 5.32 Å². The molecule has 0 saturated carbocycles. The molecule has 0 spiro atoms. The third kappa shape index (κ3) is 4.26. The van der Waals surface area contributed by atoms with Crippen molar-refractivity contribution in [3.63, 3.8) is 0 Å². The first-order valence-electron chi connectivity index (χ1n) is 7.62. The molecule has 1 aliphatic rings. The van der Waals surface area contributed by atoms with Crippen LogP contribution in [0.5, 0.6) is 0 Å². The average molecular weight is 377 g/mol. The average Bonchev–Trinajstić information content (AvgIpc) is 3.21. The number of carbonyl (C=O) groups excluding carboxylic acids is 2. The van der Waals surface area contributed by atoms with Gasteiger partial charge in [0, 0.05) is 18.3 Å². The Balaban J connectivity index is 1.87. The maximum Gasteiger partial charge on any atom is 0.243 e. The summed E-state index contributed by atoms with van der Waals surface area (Å²) in [5.74, 6) is -0.667. The number of nitrogens with one attached hydrogen (secondary N) is 1. The van der Waals surface area contributed by atoms with E-state index in [1.807, 2.05) is 17.5 Å². The van der Waals surface area contributed by atoms with Crippen LogP contribution in [0.3, 0.4) is 0 Å². The van der Waals surface area contributed by atoms with Crippen molar-refractivity contribution in [1.82, 2.24) is 10.2 Å². The van der Waals surface area contributed by atoms with Crippen molar-refractivity contribution in [2.24, 2.45) is 4.99 Å². The van der Waals surface area contributed by atoms with E-state index >= 15 is 0 Å². The molecule has 1 N–H and O–H groups in total. The summed E-state index contributed by atoms with van der Waals surface area (Å²) in [6, 6.07) is 9.64. The Morgan fingerprint density at radius 2 is 2.08 bits per heavy atom. The molecule has 8 heteroatoms. The quantitative estimate of drug-likeness (QED) is 0.871. The molecular weight excluding hydrogens is 361 g/mol. The van der Waals surface area contributed by atoms with Crippen molar-refractivity contribution in [3.8, 4) is 0 Å². The normalized spacial score (nSPS) is 18.8. The van der Waals surface area contributed by atoms with E-state index in [1.165, 1.54) is 23.9 Å². The summed E-state index contributed by atoms with van der Waals surface area (Å²) in [6.07, 6.45) is 0.101. The minimum atomic E-state index is -0.501. The molecule has 2 aromatic rings. The van der Waals surface area contributed by atoms with E-state index in [-0.39, 0.29) is 24.1 Å². The zero-order chi connectivity index (χ0) is 17.8. The van der Waals surface area contributed by atoms with Gasteiger partial charge in [-0.05, 0) is 35.7 Å².